The summed E-state index contributed by atoms with van der Waals surface area (Å²) in [7, 11) is 0. The second-order valence-corrected chi connectivity index (χ2v) is 6.50. The van der Waals surface area contributed by atoms with Crippen molar-refractivity contribution in [2.75, 3.05) is 0 Å². The molecule has 0 spiro atoms. The van der Waals surface area contributed by atoms with E-state index in [-0.39, 0.29) is 5.88 Å². The molecule has 0 aliphatic carbocycles. The first kappa shape index (κ1) is 11.2. The van der Waals surface area contributed by atoms with Crippen molar-refractivity contribution in [2.45, 2.75) is 13.0 Å². The normalized spacial score (nSPS) is 13.1. The summed E-state index contributed by atoms with van der Waals surface area (Å²) >= 11 is 3.36. The van der Waals surface area contributed by atoms with E-state index in [1.54, 1.807) is 22.7 Å². The molecule has 4 heteroatoms. The minimum atomic E-state index is 0.158. The van der Waals surface area contributed by atoms with Crippen molar-refractivity contribution in [1.82, 2.24) is 0 Å². The van der Waals surface area contributed by atoms with Crippen molar-refractivity contribution in [2.24, 2.45) is 0 Å². The zero-order chi connectivity index (χ0) is 12.8. The molecule has 0 fully saturated rings. The molecule has 0 N–H and O–H groups in total. The van der Waals surface area contributed by atoms with Crippen LogP contribution in [0.15, 0.2) is 41.8 Å². The monoisotopic (exact) mass is 285 g/mol. The fourth-order valence-electron chi connectivity index (χ4n) is 2.51. The second kappa shape index (κ2) is 4.18. The number of aryl methyl sites for hydroxylation is 1. The number of nitrogens with zero attached hydrogens (tertiary/aromatic N) is 1. The Balaban J connectivity index is 1.94. The number of thiophene rings is 1. The maximum Gasteiger partial charge on any atom is 0.279 e. The van der Waals surface area contributed by atoms with Gasteiger partial charge in [-0.25, -0.2) is 0 Å². The van der Waals surface area contributed by atoms with Crippen molar-refractivity contribution in [1.29, 1.82) is 0 Å². The predicted octanol–water partition coefficient (Wildman–Crippen LogP) is 3.06. The van der Waals surface area contributed by atoms with Gasteiger partial charge in [0, 0.05) is 6.42 Å². The summed E-state index contributed by atoms with van der Waals surface area (Å²) in [4.78, 5) is 2.13. The van der Waals surface area contributed by atoms with Crippen molar-refractivity contribution >= 4 is 22.7 Å². The van der Waals surface area contributed by atoms with Crippen LogP contribution in [0, 0.1) is 0 Å². The molecule has 1 aliphatic rings. The summed E-state index contributed by atoms with van der Waals surface area (Å²) in [6, 6.07) is 12.1. The van der Waals surface area contributed by atoms with Crippen LogP contribution >= 0.6 is 22.7 Å². The average molecular weight is 285 g/mol. The zero-order valence-electron chi connectivity index (χ0n) is 10.1. The lowest BCUT2D eigenvalue weighted by Gasteiger charge is -2.09. The van der Waals surface area contributed by atoms with Gasteiger partial charge in [-0.3, -0.25) is 0 Å². The molecule has 0 radical (unpaired) electrons. The van der Waals surface area contributed by atoms with Crippen molar-refractivity contribution in [3.63, 3.8) is 0 Å². The summed E-state index contributed by atoms with van der Waals surface area (Å²) in [5.41, 5.74) is 2.41. The second-order valence-electron chi connectivity index (χ2n) is 4.58. The van der Waals surface area contributed by atoms with Crippen LogP contribution in [0.4, 0.5) is 0 Å². The molecular weight excluding hydrogens is 274 g/mol. The smallest absolute Gasteiger partial charge is 0.279 e. The van der Waals surface area contributed by atoms with E-state index in [2.05, 4.69) is 11.4 Å². The van der Waals surface area contributed by atoms with Crippen LogP contribution in [0.25, 0.3) is 20.3 Å². The number of thiazole rings is 1. The van der Waals surface area contributed by atoms with Gasteiger partial charge in [0.05, 0.1) is 4.88 Å². The molecule has 0 saturated heterocycles. The molecule has 0 amide bonds. The minimum absolute atomic E-state index is 0.158. The lowest BCUT2D eigenvalue weighted by Crippen LogP contribution is -2.40. The van der Waals surface area contributed by atoms with Gasteiger partial charge in [-0.1, -0.05) is 41.7 Å². The fourth-order valence-corrected chi connectivity index (χ4v) is 4.83. The first-order chi connectivity index (χ1) is 9.34. The number of rotatable bonds is 1. The van der Waals surface area contributed by atoms with E-state index in [0.717, 1.165) is 28.4 Å². The Hall–Kier alpha value is -1.65. The number of hydrogen-bond acceptors (Lipinski definition) is 3. The van der Waals surface area contributed by atoms with Crippen LogP contribution in [0.3, 0.4) is 0 Å². The van der Waals surface area contributed by atoms with Crippen LogP contribution in [-0.2, 0) is 13.0 Å². The van der Waals surface area contributed by atoms with Crippen LogP contribution in [0.5, 0.6) is 5.88 Å². The Morgan fingerprint density at radius 1 is 1.05 bits per heavy atom. The van der Waals surface area contributed by atoms with Gasteiger partial charge in [-0.15, -0.1) is 11.3 Å². The zero-order valence-corrected chi connectivity index (χ0v) is 11.8. The third kappa shape index (κ3) is 1.64. The third-order valence-electron chi connectivity index (χ3n) is 3.47. The molecule has 0 atom stereocenters. The lowest BCUT2D eigenvalue weighted by atomic mass is 10.1. The van der Waals surface area contributed by atoms with Gasteiger partial charge in [0.15, 0.2) is 12.4 Å². The summed E-state index contributed by atoms with van der Waals surface area (Å²) in [6.45, 7) is 0.807. The van der Waals surface area contributed by atoms with E-state index in [0.29, 0.717) is 0 Å². The molecule has 1 aliphatic heterocycles. The fraction of sp³-hybridized carbons (Fsp3) is 0.133. The maximum atomic E-state index is 12.5. The molecule has 2 nitrogen and oxygen atoms in total. The van der Waals surface area contributed by atoms with Crippen molar-refractivity contribution in [3.8, 4) is 26.2 Å². The molecule has 3 aromatic rings. The highest BCUT2D eigenvalue weighted by molar-refractivity contribution is 7.22. The van der Waals surface area contributed by atoms with E-state index >= 15 is 0 Å². The number of benzene rings is 1. The summed E-state index contributed by atoms with van der Waals surface area (Å²) in [5, 5.41) is 15.8. The topological polar surface area (TPSA) is 26.9 Å². The van der Waals surface area contributed by atoms with Gasteiger partial charge in [-0.2, -0.15) is 4.57 Å². The SMILES string of the molecule is [O-]c1c(-c2ccccc2)sc2[n+]1CCc1ccsc1-2. The van der Waals surface area contributed by atoms with Crippen molar-refractivity contribution in [3.05, 3.63) is 47.3 Å². The van der Waals surface area contributed by atoms with Crippen LogP contribution in [0.2, 0.25) is 0 Å². The molecule has 94 valence electrons. The van der Waals surface area contributed by atoms with Crippen LogP contribution in [-0.4, -0.2) is 0 Å². The van der Waals surface area contributed by atoms with E-state index in [1.165, 1.54) is 10.4 Å². The average Bonchev–Trinajstić information content (AvgIpc) is 3.04. The standard InChI is InChI=1S/C15H11NOS2/c17-14-12(10-4-2-1-3-5-10)19-15-13-11(7-9-18-13)6-8-16(14)15/h1-5,7,9H,6,8H2. The minimum Gasteiger partial charge on any atom is -0.822 e. The highest BCUT2D eigenvalue weighted by Gasteiger charge is 2.29. The molecule has 19 heavy (non-hydrogen) atoms. The van der Waals surface area contributed by atoms with Gasteiger partial charge in [-0.05, 0) is 22.6 Å². The molecule has 1 aromatic carbocycles. The summed E-state index contributed by atoms with van der Waals surface area (Å²) < 4.78 is 1.94. The number of hydrogen-bond donors (Lipinski definition) is 0. The van der Waals surface area contributed by atoms with E-state index in [1.807, 2.05) is 34.9 Å². The summed E-state index contributed by atoms with van der Waals surface area (Å²) in [6.07, 6.45) is 0.969. The Morgan fingerprint density at radius 2 is 1.89 bits per heavy atom. The Morgan fingerprint density at radius 3 is 2.74 bits per heavy atom. The lowest BCUT2D eigenvalue weighted by molar-refractivity contribution is -0.722. The molecular formula is C15H11NOS2. The number of fused-ring (bicyclic) bond motifs is 3. The largest absolute Gasteiger partial charge is 0.822 e. The highest BCUT2D eigenvalue weighted by Crippen LogP contribution is 2.41. The van der Waals surface area contributed by atoms with E-state index < -0.39 is 0 Å². The predicted molar refractivity (Wildman–Crippen MR) is 76.4 cm³/mol. The maximum absolute atomic E-state index is 12.5. The van der Waals surface area contributed by atoms with Gasteiger partial charge in [0.1, 0.15) is 4.88 Å². The molecule has 2 aromatic heterocycles. The molecule has 0 unspecified atom stereocenters. The van der Waals surface area contributed by atoms with Gasteiger partial charge in [0.2, 0.25) is 0 Å². The van der Waals surface area contributed by atoms with Crippen LogP contribution in [0.1, 0.15) is 5.56 Å². The quantitative estimate of drug-likeness (QED) is 0.631. The molecule has 3 heterocycles. The Bertz CT molecular complexity index is 743. The summed E-state index contributed by atoms with van der Waals surface area (Å²) in [5.74, 6) is 0.158. The molecule has 4 rings (SSSR count). The van der Waals surface area contributed by atoms with E-state index in [9.17, 15) is 5.11 Å². The molecule has 0 bridgehead atoms. The highest BCUT2D eigenvalue weighted by atomic mass is 32.1. The molecule has 0 saturated carbocycles. The van der Waals surface area contributed by atoms with Crippen LogP contribution < -0.4 is 9.67 Å². The van der Waals surface area contributed by atoms with Gasteiger partial charge >= 0.3 is 0 Å². The van der Waals surface area contributed by atoms with E-state index in [4.69, 9.17) is 0 Å². The third-order valence-corrected chi connectivity index (χ3v) is 5.79. The first-order valence-electron chi connectivity index (χ1n) is 6.20. The first-order valence-corrected chi connectivity index (χ1v) is 7.90. The van der Waals surface area contributed by atoms with Gasteiger partial charge in [0.25, 0.3) is 5.01 Å². The van der Waals surface area contributed by atoms with Gasteiger partial charge < -0.3 is 5.11 Å². The number of aromatic nitrogens is 1. The van der Waals surface area contributed by atoms with Crippen molar-refractivity contribution < 1.29 is 9.67 Å². The Kier molecular flexibility index (Phi) is 2.47. The Labute approximate surface area is 119 Å².